The molecule has 5 N–H and O–H groups in total. The highest BCUT2D eigenvalue weighted by molar-refractivity contribution is 5.91. The molecule has 0 saturated heterocycles. The minimum absolute atomic E-state index is 0.0981. The van der Waals surface area contributed by atoms with E-state index in [1.807, 2.05) is 0 Å². The fraction of sp³-hybridized carbons (Fsp3) is 0.273. The van der Waals surface area contributed by atoms with E-state index in [-0.39, 0.29) is 23.3 Å². The number of carbonyl (C=O) groups is 2. The van der Waals surface area contributed by atoms with Crippen molar-refractivity contribution < 1.29 is 29.6 Å². The van der Waals surface area contributed by atoms with Crippen LogP contribution in [0.4, 0.5) is 0 Å². The molecule has 0 aliphatic carbocycles. The van der Waals surface area contributed by atoms with Crippen LogP contribution in [0.1, 0.15) is 15.9 Å². The molecule has 0 unspecified atom stereocenters. The lowest BCUT2D eigenvalue weighted by atomic mass is 10.0. The van der Waals surface area contributed by atoms with Crippen LogP contribution < -0.4 is 5.73 Å². The molecule has 0 bridgehead atoms. The molecule has 0 aromatic heterocycles. The summed E-state index contributed by atoms with van der Waals surface area (Å²) in [7, 11) is 1.17. The van der Waals surface area contributed by atoms with Crippen molar-refractivity contribution in [1.29, 1.82) is 0 Å². The Morgan fingerprint density at radius 1 is 1.33 bits per heavy atom. The van der Waals surface area contributed by atoms with Gasteiger partial charge in [0.1, 0.15) is 23.1 Å². The number of phenolic OH excluding ortho intramolecular Hbond substituents is 1. The first-order valence-electron chi connectivity index (χ1n) is 4.98. The third kappa shape index (κ3) is 2.89. The van der Waals surface area contributed by atoms with Gasteiger partial charge >= 0.3 is 11.9 Å². The van der Waals surface area contributed by atoms with Gasteiger partial charge in [0.2, 0.25) is 0 Å². The maximum Gasteiger partial charge on any atom is 0.339 e. The van der Waals surface area contributed by atoms with Gasteiger partial charge in [0.15, 0.2) is 0 Å². The summed E-state index contributed by atoms with van der Waals surface area (Å²) in [6.07, 6.45) is -0.0981. The molecule has 0 aliphatic rings. The molecule has 0 saturated carbocycles. The fourth-order valence-electron chi connectivity index (χ4n) is 1.43. The second-order valence-corrected chi connectivity index (χ2v) is 3.64. The van der Waals surface area contributed by atoms with Crippen LogP contribution in [0.15, 0.2) is 12.1 Å². The number of phenols is 2. The maximum absolute atomic E-state index is 11.1. The number of ether oxygens (including phenoxy) is 1. The van der Waals surface area contributed by atoms with Gasteiger partial charge in [-0.25, -0.2) is 4.79 Å². The average molecular weight is 255 g/mol. The van der Waals surface area contributed by atoms with E-state index in [4.69, 9.17) is 10.8 Å². The maximum atomic E-state index is 11.1. The number of carboxylic acid groups (broad SMARTS) is 1. The second kappa shape index (κ2) is 5.37. The number of methoxy groups -OCH3 is 1. The van der Waals surface area contributed by atoms with Crippen LogP contribution in [0.3, 0.4) is 0 Å². The number of hydrogen-bond donors (Lipinski definition) is 4. The lowest BCUT2D eigenvalue weighted by Gasteiger charge is -2.11. The molecule has 18 heavy (non-hydrogen) atoms. The summed E-state index contributed by atoms with van der Waals surface area (Å²) < 4.78 is 4.41. The van der Waals surface area contributed by atoms with Gasteiger partial charge in [-0.3, -0.25) is 4.79 Å². The van der Waals surface area contributed by atoms with Crippen molar-refractivity contribution in [2.75, 3.05) is 7.11 Å². The molecule has 7 nitrogen and oxygen atoms in total. The van der Waals surface area contributed by atoms with Gasteiger partial charge in [0, 0.05) is 12.5 Å². The van der Waals surface area contributed by atoms with E-state index in [1.165, 1.54) is 7.11 Å². The quantitative estimate of drug-likeness (QED) is 0.550. The number of esters is 1. The first kappa shape index (κ1) is 13.8. The van der Waals surface area contributed by atoms with E-state index in [0.29, 0.717) is 0 Å². The molecule has 1 atom stereocenters. The Balaban J connectivity index is 3.06. The summed E-state index contributed by atoms with van der Waals surface area (Å²) in [4.78, 5) is 21.9. The van der Waals surface area contributed by atoms with E-state index < -0.39 is 23.7 Å². The zero-order valence-electron chi connectivity index (χ0n) is 9.58. The highest BCUT2D eigenvalue weighted by Gasteiger charge is 2.19. The molecule has 1 rings (SSSR count). The molecule has 0 amide bonds. The predicted molar refractivity (Wildman–Crippen MR) is 60.4 cm³/mol. The lowest BCUT2D eigenvalue weighted by Crippen LogP contribution is -2.33. The highest BCUT2D eigenvalue weighted by atomic mass is 16.5. The van der Waals surface area contributed by atoms with Crippen molar-refractivity contribution in [2.45, 2.75) is 12.5 Å². The van der Waals surface area contributed by atoms with Crippen LogP contribution in [-0.2, 0) is 16.0 Å². The van der Waals surface area contributed by atoms with Crippen molar-refractivity contribution >= 4 is 11.9 Å². The standard InChI is InChI=1S/C11H13NO6/c1-18-11(17)7(12)3-5-2-6(10(15)16)9(14)4-8(5)13/h2,4,7,13-14H,3,12H2,1H3,(H,15,16)/t7-/m0/s1. The summed E-state index contributed by atoms with van der Waals surface area (Å²) in [6, 6.07) is 0.936. The van der Waals surface area contributed by atoms with Crippen LogP contribution in [0.25, 0.3) is 0 Å². The van der Waals surface area contributed by atoms with Crippen LogP contribution in [0.5, 0.6) is 11.5 Å². The molecular formula is C11H13NO6. The van der Waals surface area contributed by atoms with Gasteiger partial charge in [0.05, 0.1) is 7.11 Å². The van der Waals surface area contributed by atoms with E-state index in [9.17, 15) is 19.8 Å². The molecule has 1 aromatic rings. The zero-order valence-corrected chi connectivity index (χ0v) is 9.58. The summed E-state index contributed by atoms with van der Waals surface area (Å²) in [6.45, 7) is 0. The van der Waals surface area contributed by atoms with Crippen molar-refractivity contribution in [3.8, 4) is 11.5 Å². The number of carbonyl (C=O) groups excluding carboxylic acids is 1. The third-order valence-corrected chi connectivity index (χ3v) is 2.37. The van der Waals surface area contributed by atoms with Crippen LogP contribution in [0, 0.1) is 0 Å². The van der Waals surface area contributed by atoms with Crippen molar-refractivity contribution in [3.05, 3.63) is 23.3 Å². The molecule has 7 heteroatoms. The number of nitrogens with two attached hydrogens (primary N) is 1. The SMILES string of the molecule is COC(=O)[C@@H](N)Cc1cc(C(=O)O)c(O)cc1O. The predicted octanol–water partition coefficient (Wildman–Crippen LogP) is -0.161. The fourth-order valence-corrected chi connectivity index (χ4v) is 1.43. The number of benzene rings is 1. The van der Waals surface area contributed by atoms with Crippen LogP contribution >= 0.6 is 0 Å². The first-order chi connectivity index (χ1) is 8.36. The Hall–Kier alpha value is -2.28. The Labute approximate surface area is 102 Å². The third-order valence-electron chi connectivity index (χ3n) is 2.37. The topological polar surface area (TPSA) is 130 Å². The Bertz CT molecular complexity index is 485. The van der Waals surface area contributed by atoms with Gasteiger partial charge in [0.25, 0.3) is 0 Å². The Kier molecular flexibility index (Phi) is 4.11. The second-order valence-electron chi connectivity index (χ2n) is 3.64. The van der Waals surface area contributed by atoms with Crippen molar-refractivity contribution in [1.82, 2.24) is 0 Å². The van der Waals surface area contributed by atoms with Gasteiger partial charge < -0.3 is 25.8 Å². The molecule has 98 valence electrons. The number of rotatable bonds is 4. The van der Waals surface area contributed by atoms with Crippen molar-refractivity contribution in [2.24, 2.45) is 5.73 Å². The molecule has 0 spiro atoms. The molecule has 1 aromatic carbocycles. The minimum Gasteiger partial charge on any atom is -0.508 e. The van der Waals surface area contributed by atoms with E-state index in [0.717, 1.165) is 12.1 Å². The highest BCUT2D eigenvalue weighted by Crippen LogP contribution is 2.28. The van der Waals surface area contributed by atoms with Gasteiger partial charge in [-0.1, -0.05) is 0 Å². The number of aromatic hydroxyl groups is 2. The number of carboxylic acids is 1. The Morgan fingerprint density at radius 2 is 1.94 bits per heavy atom. The van der Waals surface area contributed by atoms with Crippen LogP contribution in [0.2, 0.25) is 0 Å². The number of hydrogen-bond acceptors (Lipinski definition) is 6. The van der Waals surface area contributed by atoms with Gasteiger partial charge in [-0.05, 0) is 11.6 Å². The first-order valence-corrected chi connectivity index (χ1v) is 4.98. The summed E-state index contributed by atoms with van der Waals surface area (Å²) in [5.41, 5.74) is 5.26. The summed E-state index contributed by atoms with van der Waals surface area (Å²) in [5.74, 6) is -2.92. The average Bonchev–Trinajstić information content (AvgIpc) is 2.30. The monoisotopic (exact) mass is 255 g/mol. The van der Waals surface area contributed by atoms with Crippen molar-refractivity contribution in [3.63, 3.8) is 0 Å². The van der Waals surface area contributed by atoms with Crippen LogP contribution in [-0.4, -0.2) is 40.4 Å². The van der Waals surface area contributed by atoms with Gasteiger partial charge in [-0.2, -0.15) is 0 Å². The normalized spacial score (nSPS) is 11.9. The summed E-state index contributed by atoms with van der Waals surface area (Å²) >= 11 is 0. The summed E-state index contributed by atoms with van der Waals surface area (Å²) in [5, 5.41) is 27.7. The lowest BCUT2D eigenvalue weighted by molar-refractivity contribution is -0.142. The molecule has 0 radical (unpaired) electrons. The largest absolute Gasteiger partial charge is 0.508 e. The minimum atomic E-state index is -1.35. The van der Waals surface area contributed by atoms with E-state index in [2.05, 4.69) is 4.74 Å². The molecule has 0 fully saturated rings. The molecular weight excluding hydrogens is 242 g/mol. The van der Waals surface area contributed by atoms with E-state index >= 15 is 0 Å². The van der Waals surface area contributed by atoms with Gasteiger partial charge in [-0.15, -0.1) is 0 Å². The van der Waals surface area contributed by atoms with E-state index in [1.54, 1.807) is 0 Å². The Morgan fingerprint density at radius 3 is 2.44 bits per heavy atom. The molecule has 0 heterocycles. The molecule has 0 aliphatic heterocycles. The smallest absolute Gasteiger partial charge is 0.339 e. The zero-order chi connectivity index (χ0) is 13.9. The number of aromatic carboxylic acids is 1.